The van der Waals surface area contributed by atoms with Crippen molar-refractivity contribution in [2.24, 2.45) is 0 Å². The number of benzene rings is 1. The van der Waals surface area contributed by atoms with E-state index in [4.69, 9.17) is 0 Å². The average molecular weight is 550 g/mol. The Balaban J connectivity index is 1.13. The van der Waals surface area contributed by atoms with E-state index >= 15 is 0 Å². The lowest BCUT2D eigenvalue weighted by Gasteiger charge is -2.31. The summed E-state index contributed by atoms with van der Waals surface area (Å²) in [6.45, 7) is 5.44. The highest BCUT2D eigenvalue weighted by molar-refractivity contribution is 7.99. The van der Waals surface area contributed by atoms with Gasteiger partial charge in [-0.05, 0) is 55.2 Å². The molecule has 1 aliphatic rings. The van der Waals surface area contributed by atoms with Crippen molar-refractivity contribution in [2.75, 3.05) is 25.4 Å². The Labute approximate surface area is 228 Å². The fraction of sp³-hybridized carbons (Fsp3) is 0.286. The van der Waals surface area contributed by atoms with Gasteiger partial charge < -0.3 is 15.2 Å². The molecule has 1 aliphatic heterocycles. The molecular formula is C28H28FN5O2S2. The highest BCUT2D eigenvalue weighted by Gasteiger charge is 2.28. The molecule has 7 nitrogen and oxygen atoms in total. The predicted molar refractivity (Wildman–Crippen MR) is 149 cm³/mol. The Bertz CT molecular complexity index is 1460. The molecule has 0 radical (unpaired) electrons. The number of hydrogen-bond donors (Lipinski definition) is 2. The van der Waals surface area contributed by atoms with Crippen LogP contribution in [0.4, 0.5) is 4.39 Å². The Hall–Kier alpha value is -3.50. The second kappa shape index (κ2) is 11.9. The van der Waals surface area contributed by atoms with Crippen LogP contribution in [0.5, 0.6) is 0 Å². The first-order valence-corrected chi connectivity index (χ1v) is 14.4. The van der Waals surface area contributed by atoms with Crippen molar-refractivity contribution in [3.63, 3.8) is 0 Å². The summed E-state index contributed by atoms with van der Waals surface area (Å²) in [5, 5.41) is 7.20. The lowest BCUT2D eigenvalue weighted by Crippen LogP contribution is -2.38. The summed E-state index contributed by atoms with van der Waals surface area (Å²) in [5.41, 5.74) is 2.87. The fourth-order valence-corrected chi connectivity index (χ4v) is 6.34. The SMILES string of the molecule is C=CCSc1ncccc1C(=O)N1CCC(c2nc(C(=O)NCCc3c[nH]c4ccc(F)cc34)cs2)CC1. The second-order valence-electron chi connectivity index (χ2n) is 9.10. The zero-order valence-electron chi connectivity index (χ0n) is 20.8. The number of hydrogen-bond acceptors (Lipinski definition) is 6. The van der Waals surface area contributed by atoms with Gasteiger partial charge in [0.15, 0.2) is 0 Å². The molecule has 0 spiro atoms. The minimum atomic E-state index is -0.281. The van der Waals surface area contributed by atoms with Crippen molar-refractivity contribution < 1.29 is 14.0 Å². The highest BCUT2D eigenvalue weighted by Crippen LogP contribution is 2.32. The van der Waals surface area contributed by atoms with Crippen LogP contribution in [0.15, 0.2) is 65.8 Å². The molecule has 5 rings (SSSR count). The molecule has 0 aliphatic carbocycles. The highest BCUT2D eigenvalue weighted by atomic mass is 32.2. The molecule has 0 bridgehead atoms. The zero-order chi connectivity index (χ0) is 26.5. The predicted octanol–water partition coefficient (Wildman–Crippen LogP) is 5.43. The first-order chi connectivity index (χ1) is 18.5. The summed E-state index contributed by atoms with van der Waals surface area (Å²) in [5.74, 6) is 0.419. The minimum Gasteiger partial charge on any atom is -0.361 e. The van der Waals surface area contributed by atoms with Gasteiger partial charge >= 0.3 is 0 Å². The van der Waals surface area contributed by atoms with Crippen molar-refractivity contribution in [3.05, 3.63) is 88.4 Å². The van der Waals surface area contributed by atoms with Gasteiger partial charge in [-0.3, -0.25) is 9.59 Å². The number of nitrogens with zero attached hydrogens (tertiary/aromatic N) is 3. The number of H-pyrrole nitrogens is 1. The number of halogens is 1. The quantitative estimate of drug-likeness (QED) is 0.215. The Morgan fingerprint density at radius 3 is 2.95 bits per heavy atom. The van der Waals surface area contributed by atoms with Crippen LogP contribution < -0.4 is 5.32 Å². The third kappa shape index (κ3) is 5.81. The zero-order valence-corrected chi connectivity index (χ0v) is 22.4. The summed E-state index contributed by atoms with van der Waals surface area (Å²) < 4.78 is 13.6. The van der Waals surface area contributed by atoms with Crippen LogP contribution in [0, 0.1) is 5.82 Å². The molecule has 2 N–H and O–H groups in total. The maximum atomic E-state index is 13.6. The number of fused-ring (bicyclic) bond motifs is 1. The molecule has 1 aromatic carbocycles. The van der Waals surface area contributed by atoms with Gasteiger partial charge in [-0.1, -0.05) is 6.08 Å². The van der Waals surface area contributed by atoms with Crippen molar-refractivity contribution >= 4 is 45.8 Å². The number of carbonyl (C=O) groups excluding carboxylic acids is 2. The number of aromatic amines is 1. The standard InChI is InChI=1S/C28H28FN5O2S2/c1-2-14-37-27-21(4-3-10-31-27)28(36)34-12-8-18(9-13-34)26-33-24(17-38-26)25(35)30-11-7-19-16-32-23-6-5-20(29)15-22(19)23/h2-6,10,15-18,32H,1,7-9,11-14H2,(H,30,35). The molecule has 2 amide bonds. The monoisotopic (exact) mass is 549 g/mol. The molecule has 196 valence electrons. The van der Waals surface area contributed by atoms with E-state index in [0.29, 0.717) is 43.1 Å². The normalized spacial score (nSPS) is 14.1. The molecule has 0 unspecified atom stereocenters. The summed E-state index contributed by atoms with van der Waals surface area (Å²) in [6.07, 6.45) is 7.54. The van der Waals surface area contributed by atoms with Crippen LogP contribution in [-0.2, 0) is 6.42 Å². The number of carbonyl (C=O) groups is 2. The smallest absolute Gasteiger partial charge is 0.270 e. The number of pyridine rings is 1. The van der Waals surface area contributed by atoms with Crippen molar-refractivity contribution in [3.8, 4) is 0 Å². The lowest BCUT2D eigenvalue weighted by atomic mass is 9.97. The van der Waals surface area contributed by atoms with Crippen LogP contribution in [0.2, 0.25) is 0 Å². The number of thiazole rings is 1. The maximum absolute atomic E-state index is 13.6. The van der Waals surface area contributed by atoms with Crippen LogP contribution in [0.25, 0.3) is 10.9 Å². The first-order valence-electron chi connectivity index (χ1n) is 12.5. The Morgan fingerprint density at radius 2 is 2.13 bits per heavy atom. The molecule has 38 heavy (non-hydrogen) atoms. The molecule has 3 aromatic heterocycles. The number of aromatic nitrogens is 3. The molecule has 0 saturated carbocycles. The number of nitrogens with one attached hydrogen (secondary N) is 2. The maximum Gasteiger partial charge on any atom is 0.270 e. The van der Waals surface area contributed by atoms with Crippen LogP contribution in [-0.4, -0.2) is 57.1 Å². The summed E-state index contributed by atoms with van der Waals surface area (Å²) >= 11 is 3.00. The summed E-state index contributed by atoms with van der Waals surface area (Å²) in [6, 6.07) is 8.26. The average Bonchev–Trinajstić information content (AvgIpc) is 3.59. The van der Waals surface area contributed by atoms with E-state index < -0.39 is 0 Å². The van der Waals surface area contributed by atoms with Gasteiger partial charge in [0.25, 0.3) is 11.8 Å². The number of thioether (sulfide) groups is 1. The topological polar surface area (TPSA) is 91.0 Å². The second-order valence-corrected chi connectivity index (χ2v) is 11.0. The fourth-order valence-electron chi connectivity index (χ4n) is 4.64. The summed E-state index contributed by atoms with van der Waals surface area (Å²) in [4.78, 5) is 39.8. The van der Waals surface area contributed by atoms with E-state index in [1.807, 2.05) is 17.2 Å². The Morgan fingerprint density at radius 1 is 1.29 bits per heavy atom. The summed E-state index contributed by atoms with van der Waals surface area (Å²) in [7, 11) is 0. The largest absolute Gasteiger partial charge is 0.361 e. The number of rotatable bonds is 9. The number of amides is 2. The van der Waals surface area contributed by atoms with Gasteiger partial charge in [-0.15, -0.1) is 29.7 Å². The van der Waals surface area contributed by atoms with Crippen LogP contribution >= 0.6 is 23.1 Å². The molecule has 1 saturated heterocycles. The van der Waals surface area contributed by atoms with Gasteiger partial charge in [0.1, 0.15) is 16.5 Å². The Kier molecular flexibility index (Phi) is 8.19. The molecule has 1 fully saturated rings. The molecule has 10 heteroatoms. The van der Waals surface area contributed by atoms with Gasteiger partial charge in [-0.2, -0.15) is 0 Å². The van der Waals surface area contributed by atoms with Gasteiger partial charge in [0, 0.05) is 60.0 Å². The van der Waals surface area contributed by atoms with E-state index in [1.165, 1.54) is 35.2 Å². The van der Waals surface area contributed by atoms with E-state index in [2.05, 4.69) is 26.8 Å². The molecule has 4 aromatic rings. The van der Waals surface area contributed by atoms with Crippen molar-refractivity contribution in [2.45, 2.75) is 30.2 Å². The van der Waals surface area contributed by atoms with Crippen molar-refractivity contribution in [1.82, 2.24) is 25.2 Å². The van der Waals surface area contributed by atoms with Gasteiger partial charge in [0.2, 0.25) is 0 Å². The third-order valence-electron chi connectivity index (χ3n) is 6.63. The van der Waals surface area contributed by atoms with E-state index in [0.717, 1.165) is 39.3 Å². The number of piperidine rings is 1. The minimum absolute atomic E-state index is 0.000238. The van der Waals surface area contributed by atoms with E-state index in [-0.39, 0.29) is 23.5 Å². The van der Waals surface area contributed by atoms with E-state index in [9.17, 15) is 14.0 Å². The van der Waals surface area contributed by atoms with E-state index in [1.54, 1.807) is 29.8 Å². The molecular weight excluding hydrogens is 521 g/mol. The lowest BCUT2D eigenvalue weighted by molar-refractivity contribution is 0.0708. The van der Waals surface area contributed by atoms with Crippen LogP contribution in [0.1, 0.15) is 50.2 Å². The van der Waals surface area contributed by atoms with Crippen LogP contribution in [0.3, 0.4) is 0 Å². The van der Waals surface area contributed by atoms with Gasteiger partial charge in [-0.25, -0.2) is 14.4 Å². The first kappa shape index (κ1) is 26.1. The molecule has 0 atom stereocenters. The molecule has 4 heterocycles. The third-order valence-corrected chi connectivity index (χ3v) is 8.64. The number of likely N-dealkylation sites (tertiary alicyclic amines) is 1. The van der Waals surface area contributed by atoms with Gasteiger partial charge in [0.05, 0.1) is 10.6 Å². The van der Waals surface area contributed by atoms with Crippen molar-refractivity contribution in [1.29, 1.82) is 0 Å².